The van der Waals surface area contributed by atoms with E-state index in [4.69, 9.17) is 0 Å². The maximum absolute atomic E-state index is 12.2. The zero-order chi connectivity index (χ0) is 11.8. The molecule has 1 fully saturated rings. The molecule has 2 aliphatic rings. The summed E-state index contributed by atoms with van der Waals surface area (Å²) >= 11 is 0. The fourth-order valence-electron chi connectivity index (χ4n) is 2.11. The molecule has 0 saturated carbocycles. The predicted octanol–water partition coefficient (Wildman–Crippen LogP) is 0.191. The Kier molecular flexibility index (Phi) is 2.33. The quantitative estimate of drug-likeness (QED) is 0.725. The second-order valence-corrected chi connectivity index (χ2v) is 4.34. The van der Waals surface area contributed by atoms with Gasteiger partial charge in [-0.05, 0) is 12.1 Å². The summed E-state index contributed by atoms with van der Waals surface area (Å²) in [6, 6.07) is 7.39. The number of nitrogens with one attached hydrogen (secondary N) is 2. The average molecular weight is 231 g/mol. The molecule has 5 nitrogen and oxygen atoms in total. The molecule has 0 radical (unpaired) electrons. The first-order valence-corrected chi connectivity index (χ1v) is 5.66. The molecule has 88 valence electrons. The van der Waals surface area contributed by atoms with E-state index < -0.39 is 0 Å². The topological polar surface area (TPSA) is 61.4 Å². The van der Waals surface area contributed by atoms with Crippen LogP contribution < -0.4 is 15.5 Å². The van der Waals surface area contributed by atoms with E-state index in [1.165, 1.54) is 0 Å². The minimum atomic E-state index is -0.135. The molecule has 0 aromatic heterocycles. The molecule has 2 aliphatic heterocycles. The molecule has 1 aromatic carbocycles. The van der Waals surface area contributed by atoms with Crippen LogP contribution >= 0.6 is 0 Å². The van der Waals surface area contributed by atoms with Crippen molar-refractivity contribution in [2.75, 3.05) is 29.9 Å². The van der Waals surface area contributed by atoms with E-state index in [0.29, 0.717) is 18.8 Å². The van der Waals surface area contributed by atoms with E-state index in [2.05, 4.69) is 10.6 Å². The van der Waals surface area contributed by atoms with Crippen LogP contribution in [0.5, 0.6) is 0 Å². The number of rotatable bonds is 1. The van der Waals surface area contributed by atoms with Gasteiger partial charge in [-0.15, -0.1) is 0 Å². The van der Waals surface area contributed by atoms with E-state index in [9.17, 15) is 9.59 Å². The van der Waals surface area contributed by atoms with Gasteiger partial charge in [0, 0.05) is 13.1 Å². The minimum Gasteiger partial charge on any atom is -0.323 e. The van der Waals surface area contributed by atoms with Gasteiger partial charge in [-0.3, -0.25) is 9.59 Å². The van der Waals surface area contributed by atoms with Crippen LogP contribution in [0.3, 0.4) is 0 Å². The van der Waals surface area contributed by atoms with Gasteiger partial charge in [-0.2, -0.15) is 0 Å². The van der Waals surface area contributed by atoms with Crippen molar-refractivity contribution in [3.05, 3.63) is 24.3 Å². The Hall–Kier alpha value is -1.88. The van der Waals surface area contributed by atoms with E-state index in [1.807, 2.05) is 24.3 Å². The Morgan fingerprint density at radius 1 is 1.29 bits per heavy atom. The van der Waals surface area contributed by atoms with Gasteiger partial charge in [-0.25, -0.2) is 0 Å². The largest absolute Gasteiger partial charge is 0.323 e. The molecule has 5 heteroatoms. The van der Waals surface area contributed by atoms with Crippen LogP contribution in [-0.4, -0.2) is 31.4 Å². The third-order valence-electron chi connectivity index (χ3n) is 3.17. The molecule has 1 aromatic rings. The van der Waals surface area contributed by atoms with Crippen LogP contribution in [0, 0.1) is 5.92 Å². The smallest absolute Gasteiger partial charge is 0.244 e. The summed E-state index contributed by atoms with van der Waals surface area (Å²) < 4.78 is 0. The Morgan fingerprint density at radius 3 is 2.76 bits per heavy atom. The zero-order valence-corrected chi connectivity index (χ0v) is 9.27. The summed E-state index contributed by atoms with van der Waals surface area (Å²) in [4.78, 5) is 25.3. The average Bonchev–Trinajstić information content (AvgIpc) is 2.25. The third-order valence-corrected chi connectivity index (χ3v) is 3.17. The lowest BCUT2D eigenvalue weighted by Crippen LogP contribution is -2.54. The van der Waals surface area contributed by atoms with Crippen LogP contribution in [0.4, 0.5) is 11.4 Å². The van der Waals surface area contributed by atoms with Crippen molar-refractivity contribution in [3.8, 4) is 0 Å². The molecule has 2 N–H and O–H groups in total. The van der Waals surface area contributed by atoms with Crippen LogP contribution in [-0.2, 0) is 9.59 Å². The first-order valence-electron chi connectivity index (χ1n) is 5.66. The highest BCUT2D eigenvalue weighted by Gasteiger charge is 2.34. The summed E-state index contributed by atoms with van der Waals surface area (Å²) in [6.45, 7) is 1.53. The molecule has 0 spiro atoms. The van der Waals surface area contributed by atoms with Crippen molar-refractivity contribution in [1.82, 2.24) is 5.32 Å². The molecule has 3 rings (SSSR count). The highest BCUT2D eigenvalue weighted by Crippen LogP contribution is 2.30. The fraction of sp³-hybridized carbons (Fsp3) is 0.333. The lowest BCUT2D eigenvalue weighted by Gasteiger charge is -2.35. The van der Waals surface area contributed by atoms with Gasteiger partial charge in [0.25, 0.3) is 0 Å². The molecule has 0 unspecified atom stereocenters. The van der Waals surface area contributed by atoms with E-state index in [-0.39, 0.29) is 24.3 Å². The maximum atomic E-state index is 12.2. The van der Waals surface area contributed by atoms with Gasteiger partial charge in [0.2, 0.25) is 11.8 Å². The molecule has 0 atom stereocenters. The zero-order valence-electron chi connectivity index (χ0n) is 9.27. The Bertz CT molecular complexity index is 482. The number of anilines is 2. The summed E-state index contributed by atoms with van der Waals surface area (Å²) in [5.74, 6) is -0.0932. The number of nitrogens with zero attached hydrogens (tertiary/aromatic N) is 1. The van der Waals surface area contributed by atoms with Crippen molar-refractivity contribution in [1.29, 1.82) is 0 Å². The van der Waals surface area contributed by atoms with Crippen LogP contribution in [0.2, 0.25) is 0 Å². The van der Waals surface area contributed by atoms with Crippen molar-refractivity contribution < 1.29 is 9.59 Å². The number of carbonyl (C=O) groups excluding carboxylic acids is 2. The van der Waals surface area contributed by atoms with Gasteiger partial charge >= 0.3 is 0 Å². The minimum absolute atomic E-state index is 0.00829. The van der Waals surface area contributed by atoms with Crippen LogP contribution in [0.25, 0.3) is 0 Å². The second kappa shape index (κ2) is 3.85. The number of hydrogen-bond donors (Lipinski definition) is 2. The van der Waals surface area contributed by atoms with Gasteiger partial charge in [0.15, 0.2) is 0 Å². The number of hydrogen-bond acceptors (Lipinski definition) is 3. The summed E-state index contributed by atoms with van der Waals surface area (Å²) in [7, 11) is 0. The SMILES string of the molecule is O=C1CN(C(=O)C2CNC2)c2ccccc2N1. The Balaban J connectivity index is 1.94. The fourth-order valence-corrected chi connectivity index (χ4v) is 2.11. The lowest BCUT2D eigenvalue weighted by molar-refractivity contribution is -0.125. The van der Waals surface area contributed by atoms with Crippen LogP contribution in [0.15, 0.2) is 24.3 Å². The Labute approximate surface area is 98.8 Å². The number of amides is 2. The standard InChI is InChI=1S/C12H13N3O2/c16-11-7-15(12(17)8-5-13-6-8)10-4-2-1-3-9(10)14-11/h1-4,8,13H,5-7H2,(H,14,16). The third kappa shape index (κ3) is 1.68. The highest BCUT2D eigenvalue weighted by atomic mass is 16.2. The molecule has 2 heterocycles. The lowest BCUT2D eigenvalue weighted by atomic mass is 10.0. The molecule has 1 saturated heterocycles. The molecular formula is C12H13N3O2. The van der Waals surface area contributed by atoms with Crippen molar-refractivity contribution >= 4 is 23.2 Å². The number of benzene rings is 1. The molecule has 17 heavy (non-hydrogen) atoms. The van der Waals surface area contributed by atoms with E-state index in [1.54, 1.807) is 4.90 Å². The van der Waals surface area contributed by atoms with E-state index >= 15 is 0 Å². The van der Waals surface area contributed by atoms with Gasteiger partial charge in [0.05, 0.1) is 17.3 Å². The number of para-hydroxylation sites is 2. The molecular weight excluding hydrogens is 218 g/mol. The maximum Gasteiger partial charge on any atom is 0.244 e. The number of fused-ring (bicyclic) bond motifs is 1. The Morgan fingerprint density at radius 2 is 2.06 bits per heavy atom. The first kappa shape index (κ1) is 10.3. The summed E-state index contributed by atoms with van der Waals surface area (Å²) in [6.07, 6.45) is 0. The van der Waals surface area contributed by atoms with Crippen molar-refractivity contribution in [2.45, 2.75) is 0 Å². The van der Waals surface area contributed by atoms with Crippen molar-refractivity contribution in [3.63, 3.8) is 0 Å². The summed E-state index contributed by atoms with van der Waals surface area (Å²) in [5, 5.41) is 5.84. The number of carbonyl (C=O) groups is 2. The molecule has 2 amide bonds. The van der Waals surface area contributed by atoms with E-state index in [0.717, 1.165) is 5.69 Å². The van der Waals surface area contributed by atoms with Gasteiger partial charge in [-0.1, -0.05) is 12.1 Å². The van der Waals surface area contributed by atoms with Crippen molar-refractivity contribution in [2.24, 2.45) is 5.92 Å². The first-order chi connectivity index (χ1) is 8.25. The normalized spacial score (nSPS) is 19.3. The van der Waals surface area contributed by atoms with Crippen LogP contribution in [0.1, 0.15) is 0 Å². The predicted molar refractivity (Wildman–Crippen MR) is 63.8 cm³/mol. The van der Waals surface area contributed by atoms with Gasteiger partial charge in [0.1, 0.15) is 6.54 Å². The van der Waals surface area contributed by atoms with Gasteiger partial charge < -0.3 is 15.5 Å². The molecule has 0 aliphatic carbocycles. The highest BCUT2D eigenvalue weighted by molar-refractivity contribution is 6.10. The second-order valence-electron chi connectivity index (χ2n) is 4.34. The monoisotopic (exact) mass is 231 g/mol. The molecule has 0 bridgehead atoms. The summed E-state index contributed by atoms with van der Waals surface area (Å²) in [5.41, 5.74) is 1.51.